The molecule has 0 aliphatic rings. The van der Waals surface area contributed by atoms with Crippen LogP contribution >= 0.6 is 0 Å². The molecular weight excluding hydrogens is 220 g/mol. The molecule has 1 heterocycles. The Morgan fingerprint density at radius 1 is 1.35 bits per heavy atom. The van der Waals surface area contributed by atoms with E-state index in [-0.39, 0.29) is 6.61 Å². The molecule has 1 aromatic heterocycles. The first-order valence-electron chi connectivity index (χ1n) is 5.15. The average molecular weight is 232 g/mol. The maximum atomic E-state index is 10.3. The highest BCUT2D eigenvalue weighted by atomic mass is 16.5. The van der Waals surface area contributed by atoms with Gasteiger partial charge in [0, 0.05) is 0 Å². The lowest BCUT2D eigenvalue weighted by Crippen LogP contribution is -2.08. The van der Waals surface area contributed by atoms with Gasteiger partial charge in [0.2, 0.25) is 0 Å². The Labute approximate surface area is 98.3 Å². The fourth-order valence-corrected chi connectivity index (χ4v) is 1.42. The third-order valence-corrected chi connectivity index (χ3v) is 2.16. The summed E-state index contributed by atoms with van der Waals surface area (Å²) in [7, 11) is 0. The summed E-state index contributed by atoms with van der Waals surface area (Å²) >= 11 is 0. The fraction of sp³-hybridized carbons (Fsp3) is 0.167. The van der Waals surface area contributed by atoms with Gasteiger partial charge in [0.25, 0.3) is 0 Å². The Morgan fingerprint density at radius 2 is 2.12 bits per heavy atom. The van der Waals surface area contributed by atoms with Gasteiger partial charge >= 0.3 is 5.97 Å². The van der Waals surface area contributed by atoms with Crippen molar-refractivity contribution < 1.29 is 14.6 Å². The number of aromatic nitrogens is 2. The van der Waals surface area contributed by atoms with Crippen LogP contribution in [-0.4, -0.2) is 27.5 Å². The molecule has 0 saturated heterocycles. The summed E-state index contributed by atoms with van der Waals surface area (Å²) in [5.74, 6) is -0.538. The van der Waals surface area contributed by atoms with E-state index in [1.54, 1.807) is 10.9 Å². The number of rotatable bonds is 5. The average Bonchev–Trinajstić information content (AvgIpc) is 2.75. The van der Waals surface area contributed by atoms with E-state index in [4.69, 9.17) is 9.84 Å². The summed E-state index contributed by atoms with van der Waals surface area (Å²) in [6.45, 7) is 0.286. The van der Waals surface area contributed by atoms with Crippen LogP contribution in [0.25, 0.3) is 0 Å². The van der Waals surface area contributed by atoms with E-state index in [0.29, 0.717) is 12.3 Å². The predicted molar refractivity (Wildman–Crippen MR) is 60.9 cm³/mol. The molecular formula is C12H12N2O3. The van der Waals surface area contributed by atoms with Gasteiger partial charge < -0.3 is 9.84 Å². The van der Waals surface area contributed by atoms with E-state index < -0.39 is 5.97 Å². The number of aliphatic carboxylic acids is 1. The molecule has 0 saturated carbocycles. The maximum absolute atomic E-state index is 10.3. The lowest BCUT2D eigenvalue weighted by molar-refractivity contribution is -0.139. The van der Waals surface area contributed by atoms with Crippen molar-refractivity contribution in [3.63, 3.8) is 0 Å². The SMILES string of the molecule is O=C(O)COc1cnn(Cc2ccccc2)c1. The van der Waals surface area contributed by atoms with Crippen LogP contribution in [-0.2, 0) is 11.3 Å². The first-order valence-corrected chi connectivity index (χ1v) is 5.15. The lowest BCUT2D eigenvalue weighted by atomic mass is 10.2. The molecule has 0 aliphatic heterocycles. The highest BCUT2D eigenvalue weighted by molar-refractivity contribution is 5.68. The van der Waals surface area contributed by atoms with E-state index in [1.165, 1.54) is 6.20 Å². The smallest absolute Gasteiger partial charge is 0.341 e. The molecule has 0 spiro atoms. The summed E-state index contributed by atoms with van der Waals surface area (Å²) < 4.78 is 6.70. The molecule has 2 aromatic rings. The quantitative estimate of drug-likeness (QED) is 0.846. The molecule has 5 nitrogen and oxygen atoms in total. The highest BCUT2D eigenvalue weighted by Crippen LogP contribution is 2.10. The first kappa shape index (κ1) is 11.2. The van der Waals surface area contributed by atoms with Crippen LogP contribution in [0.1, 0.15) is 5.56 Å². The second-order valence-corrected chi connectivity index (χ2v) is 3.54. The standard InChI is InChI=1S/C12H12N2O3/c15-12(16)9-17-11-6-13-14(8-11)7-10-4-2-1-3-5-10/h1-6,8H,7,9H2,(H,15,16). The number of nitrogens with zero attached hydrogens (tertiary/aromatic N) is 2. The molecule has 0 bridgehead atoms. The highest BCUT2D eigenvalue weighted by Gasteiger charge is 2.02. The Bertz CT molecular complexity index is 493. The van der Waals surface area contributed by atoms with E-state index in [1.807, 2.05) is 30.3 Å². The summed E-state index contributed by atoms with van der Waals surface area (Å²) in [5, 5.41) is 12.6. The van der Waals surface area contributed by atoms with Crippen molar-refractivity contribution in [2.45, 2.75) is 6.54 Å². The summed E-state index contributed by atoms with van der Waals surface area (Å²) in [5.41, 5.74) is 1.13. The van der Waals surface area contributed by atoms with Crippen LogP contribution in [0.5, 0.6) is 5.75 Å². The van der Waals surface area contributed by atoms with Crippen LogP contribution < -0.4 is 4.74 Å². The minimum atomic E-state index is -0.999. The molecule has 5 heteroatoms. The van der Waals surface area contributed by atoms with E-state index >= 15 is 0 Å². The second-order valence-electron chi connectivity index (χ2n) is 3.54. The normalized spacial score (nSPS) is 10.1. The van der Waals surface area contributed by atoms with Crippen molar-refractivity contribution in [1.82, 2.24) is 9.78 Å². The number of hydrogen-bond donors (Lipinski definition) is 1. The number of hydrogen-bond acceptors (Lipinski definition) is 3. The van der Waals surface area contributed by atoms with E-state index in [2.05, 4.69) is 5.10 Å². The number of ether oxygens (including phenoxy) is 1. The van der Waals surface area contributed by atoms with Gasteiger partial charge in [-0.1, -0.05) is 30.3 Å². The second kappa shape index (κ2) is 5.16. The molecule has 2 rings (SSSR count). The van der Waals surface area contributed by atoms with Gasteiger partial charge in [-0.05, 0) is 5.56 Å². The number of benzene rings is 1. The van der Waals surface area contributed by atoms with Crippen molar-refractivity contribution in [2.75, 3.05) is 6.61 Å². The largest absolute Gasteiger partial charge is 0.479 e. The fourth-order valence-electron chi connectivity index (χ4n) is 1.42. The van der Waals surface area contributed by atoms with Crippen LogP contribution in [0.3, 0.4) is 0 Å². The molecule has 88 valence electrons. The zero-order valence-corrected chi connectivity index (χ0v) is 9.11. The molecule has 0 fully saturated rings. The van der Waals surface area contributed by atoms with Gasteiger partial charge in [-0.25, -0.2) is 4.79 Å². The molecule has 0 radical (unpaired) electrons. The van der Waals surface area contributed by atoms with E-state index in [0.717, 1.165) is 5.56 Å². The van der Waals surface area contributed by atoms with Crippen LogP contribution in [0.15, 0.2) is 42.7 Å². The lowest BCUT2D eigenvalue weighted by Gasteiger charge is -2.01. The summed E-state index contributed by atoms with van der Waals surface area (Å²) in [6.07, 6.45) is 3.18. The monoisotopic (exact) mass is 232 g/mol. The van der Waals surface area contributed by atoms with Gasteiger partial charge in [-0.2, -0.15) is 5.10 Å². The molecule has 0 unspecified atom stereocenters. The van der Waals surface area contributed by atoms with Crippen molar-refractivity contribution in [3.05, 3.63) is 48.3 Å². The molecule has 0 atom stereocenters. The van der Waals surface area contributed by atoms with Crippen molar-refractivity contribution in [1.29, 1.82) is 0 Å². The van der Waals surface area contributed by atoms with Crippen molar-refractivity contribution in [3.8, 4) is 5.75 Å². The molecule has 1 N–H and O–H groups in total. The minimum absolute atomic E-state index is 0.350. The molecule has 17 heavy (non-hydrogen) atoms. The van der Waals surface area contributed by atoms with Gasteiger partial charge in [-0.15, -0.1) is 0 Å². The zero-order chi connectivity index (χ0) is 12.1. The third-order valence-electron chi connectivity index (χ3n) is 2.16. The number of carbonyl (C=O) groups is 1. The molecule has 0 aliphatic carbocycles. The summed E-state index contributed by atoms with van der Waals surface area (Å²) in [6, 6.07) is 9.87. The maximum Gasteiger partial charge on any atom is 0.341 e. The number of carboxylic acids is 1. The zero-order valence-electron chi connectivity index (χ0n) is 9.11. The Hall–Kier alpha value is -2.30. The topological polar surface area (TPSA) is 64.3 Å². The predicted octanol–water partition coefficient (Wildman–Crippen LogP) is 1.39. The van der Waals surface area contributed by atoms with Crippen molar-refractivity contribution >= 4 is 5.97 Å². The Kier molecular flexibility index (Phi) is 3.40. The Morgan fingerprint density at radius 3 is 2.82 bits per heavy atom. The van der Waals surface area contributed by atoms with Gasteiger partial charge in [0.15, 0.2) is 12.4 Å². The number of carboxylic acid groups (broad SMARTS) is 1. The molecule has 1 aromatic carbocycles. The van der Waals surface area contributed by atoms with Gasteiger partial charge in [-0.3, -0.25) is 4.68 Å². The Balaban J connectivity index is 1.97. The van der Waals surface area contributed by atoms with Crippen LogP contribution in [0, 0.1) is 0 Å². The van der Waals surface area contributed by atoms with Crippen LogP contribution in [0.4, 0.5) is 0 Å². The first-order chi connectivity index (χ1) is 8.24. The van der Waals surface area contributed by atoms with Gasteiger partial charge in [0.1, 0.15) is 0 Å². The third kappa shape index (κ3) is 3.34. The van der Waals surface area contributed by atoms with Crippen molar-refractivity contribution in [2.24, 2.45) is 0 Å². The van der Waals surface area contributed by atoms with E-state index in [9.17, 15) is 4.79 Å². The minimum Gasteiger partial charge on any atom is -0.479 e. The van der Waals surface area contributed by atoms with Gasteiger partial charge in [0.05, 0.1) is 18.9 Å². The summed E-state index contributed by atoms with van der Waals surface area (Å²) in [4.78, 5) is 10.3. The van der Waals surface area contributed by atoms with Crippen LogP contribution in [0.2, 0.25) is 0 Å². The molecule has 0 amide bonds.